The van der Waals surface area contributed by atoms with Crippen LogP contribution in [0.4, 0.5) is 0 Å². The number of nitrogens with zero attached hydrogens (tertiary/aromatic N) is 1. The maximum atomic E-state index is 11.9. The van der Waals surface area contributed by atoms with Gasteiger partial charge in [0.1, 0.15) is 18.1 Å². The van der Waals surface area contributed by atoms with Crippen LogP contribution < -0.4 is 4.74 Å². The van der Waals surface area contributed by atoms with Crippen molar-refractivity contribution in [1.82, 2.24) is 4.98 Å². The molecule has 138 valence electrons. The molecule has 0 spiro atoms. The molecule has 0 aliphatic rings. The van der Waals surface area contributed by atoms with Crippen molar-refractivity contribution in [3.05, 3.63) is 59.8 Å². The summed E-state index contributed by atoms with van der Waals surface area (Å²) in [5, 5.41) is 11.0. The zero-order chi connectivity index (χ0) is 22.0. The highest BCUT2D eigenvalue weighted by atomic mass is 16.5. The number of benzene rings is 2. The Balaban J connectivity index is 2.13. The third-order valence-electron chi connectivity index (χ3n) is 3.61. The van der Waals surface area contributed by atoms with Crippen molar-refractivity contribution >= 4 is 22.7 Å². The Morgan fingerprint density at radius 1 is 1.19 bits per heavy atom. The lowest BCUT2D eigenvalue weighted by Crippen LogP contribution is -2.09. The predicted molar refractivity (Wildman–Crippen MR) is 96.7 cm³/mol. The van der Waals surface area contributed by atoms with Gasteiger partial charge in [-0.2, -0.15) is 0 Å². The molecule has 3 aromatic rings. The third-order valence-corrected chi connectivity index (χ3v) is 3.61. The summed E-state index contributed by atoms with van der Waals surface area (Å²) in [4.78, 5) is 27.3. The van der Waals surface area contributed by atoms with Gasteiger partial charge < -0.3 is 19.3 Å². The molecule has 7 heteroatoms. The quantitative estimate of drug-likeness (QED) is 0.686. The Hall–Kier alpha value is -3.61. The number of pyridine rings is 1. The number of carbonyl (C=O) groups excluding carboxylic acids is 2. The van der Waals surface area contributed by atoms with Crippen LogP contribution in [0.15, 0.2) is 48.5 Å². The molecule has 0 atom stereocenters. The van der Waals surface area contributed by atoms with Gasteiger partial charge in [-0.1, -0.05) is 18.2 Å². The fourth-order valence-corrected chi connectivity index (χ4v) is 2.40. The fraction of sp³-hybridized carbons (Fsp3) is 0.150. The molecule has 27 heavy (non-hydrogen) atoms. The monoisotopic (exact) mass is 370 g/mol. The van der Waals surface area contributed by atoms with E-state index < -0.39 is 17.7 Å². The summed E-state index contributed by atoms with van der Waals surface area (Å²) in [6.07, 6.45) is 0. The number of fused-ring (bicyclic) bond motifs is 1. The van der Waals surface area contributed by atoms with E-state index in [0.717, 1.165) is 7.11 Å². The Kier molecular flexibility index (Phi) is 4.17. The van der Waals surface area contributed by atoms with Gasteiger partial charge in [-0.15, -0.1) is 0 Å². The number of aromatic hydroxyl groups is 1. The number of para-hydroxylation sites is 1. The van der Waals surface area contributed by atoms with Gasteiger partial charge in [-0.3, -0.25) is 4.79 Å². The van der Waals surface area contributed by atoms with E-state index in [2.05, 4.69) is 9.72 Å². The molecule has 0 bridgehead atoms. The van der Waals surface area contributed by atoms with Crippen molar-refractivity contribution in [2.24, 2.45) is 0 Å². The second-order valence-corrected chi connectivity index (χ2v) is 5.41. The summed E-state index contributed by atoms with van der Waals surface area (Å²) >= 11 is 0. The molecular formula is C20H17NO6. The molecule has 0 aliphatic heterocycles. The number of hydrogen-bond acceptors (Lipinski definition) is 7. The zero-order valence-electron chi connectivity index (χ0n) is 17.5. The van der Waals surface area contributed by atoms with Crippen LogP contribution in [-0.2, 0) is 20.9 Å². The molecule has 1 N–H and O–H groups in total. The van der Waals surface area contributed by atoms with Gasteiger partial charge in [0.2, 0.25) is 0 Å². The molecule has 0 unspecified atom stereocenters. The number of hydrogen-bond donors (Lipinski definition) is 1. The van der Waals surface area contributed by atoms with Crippen LogP contribution in [-0.4, -0.2) is 29.1 Å². The molecule has 0 saturated heterocycles. The molecule has 1 aromatic heterocycles. The fourth-order valence-electron chi connectivity index (χ4n) is 2.40. The van der Waals surface area contributed by atoms with Gasteiger partial charge in [0.05, 0.1) is 16.9 Å². The van der Waals surface area contributed by atoms with E-state index in [9.17, 15) is 14.7 Å². The summed E-state index contributed by atoms with van der Waals surface area (Å²) in [7, 11) is 1.15. The summed E-state index contributed by atoms with van der Waals surface area (Å²) in [5.74, 6) is -1.64. The lowest BCUT2D eigenvalue weighted by atomic mass is 10.1. The Morgan fingerprint density at radius 3 is 2.59 bits per heavy atom. The zero-order valence-corrected chi connectivity index (χ0v) is 14.5. The molecule has 0 fully saturated rings. The highest BCUT2D eigenvalue weighted by Crippen LogP contribution is 2.34. The average Bonchev–Trinajstić information content (AvgIpc) is 2.69. The SMILES string of the molecule is [2H]c1cc([2H])c(Oc2ccc3c(O)c(C(=O)OC)nc(COC(C)=O)c3c2)c([2H])c1. The minimum absolute atomic E-state index is 0.0176. The van der Waals surface area contributed by atoms with E-state index in [4.69, 9.17) is 13.6 Å². The van der Waals surface area contributed by atoms with E-state index in [0.29, 0.717) is 5.39 Å². The van der Waals surface area contributed by atoms with Crippen LogP contribution in [0.3, 0.4) is 0 Å². The first-order valence-corrected chi connectivity index (χ1v) is 7.84. The summed E-state index contributed by atoms with van der Waals surface area (Å²) in [6, 6.07) is 6.68. The van der Waals surface area contributed by atoms with Crippen molar-refractivity contribution in [3.63, 3.8) is 0 Å². The average molecular weight is 370 g/mol. The molecule has 0 saturated carbocycles. The number of ether oxygens (including phenoxy) is 3. The van der Waals surface area contributed by atoms with Crippen LogP contribution in [0.2, 0.25) is 0 Å². The molecule has 0 aliphatic carbocycles. The van der Waals surface area contributed by atoms with E-state index in [1.54, 1.807) is 0 Å². The minimum atomic E-state index is -0.855. The number of esters is 2. The normalized spacial score (nSPS) is 12.0. The largest absolute Gasteiger partial charge is 0.505 e. The Bertz CT molecular complexity index is 1140. The standard InChI is InChI=1S/C20H17NO6/c1-12(22)26-11-17-16-10-14(27-13-6-4-3-5-7-13)8-9-15(16)19(23)18(21-17)20(24)25-2/h3-10,23H,11H2,1-2H3/i3D,6D,7D. The van der Waals surface area contributed by atoms with E-state index >= 15 is 0 Å². The van der Waals surface area contributed by atoms with Gasteiger partial charge in [0.25, 0.3) is 0 Å². The van der Waals surface area contributed by atoms with Gasteiger partial charge >= 0.3 is 11.9 Å². The topological polar surface area (TPSA) is 95.0 Å². The number of methoxy groups -OCH3 is 1. The van der Waals surface area contributed by atoms with Crippen LogP contribution >= 0.6 is 0 Å². The van der Waals surface area contributed by atoms with E-state index in [-0.39, 0.29) is 53.0 Å². The summed E-state index contributed by atoms with van der Waals surface area (Å²) in [5.41, 5.74) is -0.142. The Labute approximate surface area is 159 Å². The van der Waals surface area contributed by atoms with Gasteiger partial charge in [0, 0.05) is 17.7 Å². The van der Waals surface area contributed by atoms with Crippen LogP contribution in [0.25, 0.3) is 10.8 Å². The Morgan fingerprint density at radius 2 is 1.93 bits per heavy atom. The molecule has 2 aromatic carbocycles. The van der Waals surface area contributed by atoms with E-state index in [1.165, 1.54) is 37.3 Å². The first-order valence-electron chi connectivity index (χ1n) is 9.34. The van der Waals surface area contributed by atoms with Crippen molar-refractivity contribution in [3.8, 4) is 17.2 Å². The highest BCUT2D eigenvalue weighted by molar-refractivity contribution is 6.00. The predicted octanol–water partition coefficient (Wildman–Crippen LogP) is 3.58. The van der Waals surface area contributed by atoms with Gasteiger partial charge in [0.15, 0.2) is 11.4 Å². The minimum Gasteiger partial charge on any atom is -0.505 e. The van der Waals surface area contributed by atoms with Crippen LogP contribution in [0, 0.1) is 0 Å². The van der Waals surface area contributed by atoms with Crippen molar-refractivity contribution in [1.29, 1.82) is 0 Å². The highest BCUT2D eigenvalue weighted by Gasteiger charge is 2.20. The first-order chi connectivity index (χ1) is 14.2. The second kappa shape index (κ2) is 7.74. The molecule has 0 radical (unpaired) electrons. The van der Waals surface area contributed by atoms with Crippen molar-refractivity contribution < 1.29 is 33.0 Å². The summed E-state index contributed by atoms with van der Waals surface area (Å²) < 4.78 is 38.7. The van der Waals surface area contributed by atoms with Crippen LogP contribution in [0.1, 0.15) is 27.2 Å². The summed E-state index contributed by atoms with van der Waals surface area (Å²) in [6.45, 7) is 0.959. The molecular weight excluding hydrogens is 350 g/mol. The number of aromatic nitrogens is 1. The van der Waals surface area contributed by atoms with Gasteiger partial charge in [-0.25, -0.2) is 9.78 Å². The van der Waals surface area contributed by atoms with E-state index in [1.807, 2.05) is 0 Å². The maximum Gasteiger partial charge on any atom is 0.360 e. The number of carbonyl (C=O) groups is 2. The van der Waals surface area contributed by atoms with Crippen molar-refractivity contribution in [2.45, 2.75) is 13.5 Å². The number of rotatable bonds is 5. The lowest BCUT2D eigenvalue weighted by molar-refractivity contribution is -0.142. The molecule has 1 heterocycles. The third kappa shape index (κ3) is 3.98. The second-order valence-electron chi connectivity index (χ2n) is 5.41. The smallest absolute Gasteiger partial charge is 0.360 e. The molecule has 7 nitrogen and oxygen atoms in total. The van der Waals surface area contributed by atoms with Crippen molar-refractivity contribution in [2.75, 3.05) is 7.11 Å². The lowest BCUT2D eigenvalue weighted by Gasteiger charge is -2.13. The van der Waals surface area contributed by atoms with Gasteiger partial charge in [-0.05, 0) is 30.3 Å². The van der Waals surface area contributed by atoms with Crippen LogP contribution in [0.5, 0.6) is 17.2 Å². The maximum absolute atomic E-state index is 11.9. The first kappa shape index (κ1) is 14.5. The molecule has 0 amide bonds. The molecule has 3 rings (SSSR count).